The average Bonchev–Trinajstić information content (AvgIpc) is 3.14. The Balaban J connectivity index is 1.37. The largest absolute Gasteiger partial charge is 0.344 e. The van der Waals surface area contributed by atoms with Crippen LogP contribution < -0.4 is 10.7 Å². The van der Waals surface area contributed by atoms with E-state index in [0.29, 0.717) is 23.0 Å². The summed E-state index contributed by atoms with van der Waals surface area (Å²) in [7, 11) is 0. The first-order valence-corrected chi connectivity index (χ1v) is 10.1. The van der Waals surface area contributed by atoms with Crippen LogP contribution in [0.1, 0.15) is 32.1 Å². The molecule has 1 aliphatic heterocycles. The van der Waals surface area contributed by atoms with Gasteiger partial charge >= 0.3 is 6.03 Å². The Bertz CT molecular complexity index is 924. The molecule has 4 amide bonds. The number of nitrogens with zero attached hydrogens (tertiary/aromatic N) is 2. The molecule has 0 unspecified atom stereocenters. The molecule has 0 radical (unpaired) electrons. The van der Waals surface area contributed by atoms with E-state index in [4.69, 9.17) is 11.6 Å². The average molecular weight is 408 g/mol. The standard InChI is InChI=1S/C17H18ClN5O3S/c18-10-4-5-11-12(8-10)20-15(19-11)27-9-13(24)22-23-14(25)17(21-16(23)26)6-2-1-3-7-17/h4-5,8H,1-3,6-7,9H2,(H,19,20)(H,21,26)(H,22,24). The monoisotopic (exact) mass is 407 g/mol. The first-order chi connectivity index (χ1) is 13.0. The van der Waals surface area contributed by atoms with E-state index in [1.165, 1.54) is 11.8 Å². The van der Waals surface area contributed by atoms with Crippen molar-refractivity contribution in [2.24, 2.45) is 0 Å². The third-order valence-corrected chi connectivity index (χ3v) is 5.98. The van der Waals surface area contributed by atoms with Crippen molar-refractivity contribution in [1.29, 1.82) is 0 Å². The van der Waals surface area contributed by atoms with Crippen LogP contribution in [0.3, 0.4) is 0 Å². The molecule has 1 spiro atoms. The number of hydrogen-bond acceptors (Lipinski definition) is 5. The molecule has 27 heavy (non-hydrogen) atoms. The molecular formula is C17H18ClN5O3S. The number of aromatic nitrogens is 2. The van der Waals surface area contributed by atoms with Gasteiger partial charge in [0.05, 0.1) is 16.8 Å². The Morgan fingerprint density at radius 3 is 2.85 bits per heavy atom. The zero-order valence-corrected chi connectivity index (χ0v) is 16.0. The van der Waals surface area contributed by atoms with E-state index in [9.17, 15) is 14.4 Å². The summed E-state index contributed by atoms with van der Waals surface area (Å²) in [6.07, 6.45) is 4.05. The van der Waals surface area contributed by atoms with Crippen molar-refractivity contribution in [3.05, 3.63) is 23.2 Å². The predicted octanol–water partition coefficient (Wildman–Crippen LogP) is 2.59. The number of halogens is 1. The summed E-state index contributed by atoms with van der Waals surface area (Å²) in [5.41, 5.74) is 3.08. The molecule has 1 aromatic heterocycles. The van der Waals surface area contributed by atoms with Crippen LogP contribution in [0.4, 0.5) is 4.79 Å². The van der Waals surface area contributed by atoms with Crippen molar-refractivity contribution in [2.75, 3.05) is 5.75 Å². The van der Waals surface area contributed by atoms with Crippen molar-refractivity contribution in [3.63, 3.8) is 0 Å². The van der Waals surface area contributed by atoms with Gasteiger partial charge in [-0.3, -0.25) is 15.0 Å². The molecule has 1 saturated heterocycles. The maximum atomic E-state index is 12.6. The van der Waals surface area contributed by atoms with Crippen LogP contribution in [0.2, 0.25) is 5.02 Å². The van der Waals surface area contributed by atoms with E-state index in [1.807, 2.05) is 0 Å². The van der Waals surface area contributed by atoms with E-state index >= 15 is 0 Å². The second-order valence-corrected chi connectivity index (χ2v) is 8.14. The summed E-state index contributed by atoms with van der Waals surface area (Å²) in [6.45, 7) is 0. The van der Waals surface area contributed by atoms with E-state index in [0.717, 1.165) is 35.3 Å². The Kier molecular flexibility index (Phi) is 4.73. The molecule has 0 bridgehead atoms. The molecule has 4 rings (SSSR count). The van der Waals surface area contributed by atoms with Crippen LogP contribution in [0.15, 0.2) is 23.4 Å². The fourth-order valence-electron chi connectivity index (χ4n) is 3.53. The molecular weight excluding hydrogens is 390 g/mol. The van der Waals surface area contributed by atoms with Gasteiger partial charge in [-0.25, -0.2) is 9.78 Å². The lowest BCUT2D eigenvalue weighted by atomic mass is 9.82. The molecule has 2 aromatic rings. The Morgan fingerprint density at radius 1 is 1.30 bits per heavy atom. The van der Waals surface area contributed by atoms with Gasteiger partial charge < -0.3 is 10.3 Å². The van der Waals surface area contributed by atoms with Gasteiger partial charge in [-0.15, -0.1) is 0 Å². The van der Waals surface area contributed by atoms with Crippen molar-refractivity contribution >= 4 is 52.2 Å². The number of carbonyl (C=O) groups excluding carboxylic acids is 3. The summed E-state index contributed by atoms with van der Waals surface area (Å²) in [4.78, 5) is 44.5. The number of benzene rings is 1. The normalized spacial score (nSPS) is 18.9. The molecule has 10 heteroatoms. The molecule has 8 nitrogen and oxygen atoms in total. The fraction of sp³-hybridized carbons (Fsp3) is 0.412. The number of urea groups is 1. The summed E-state index contributed by atoms with van der Waals surface area (Å²) in [5.74, 6) is -0.809. The van der Waals surface area contributed by atoms with Gasteiger partial charge in [0.25, 0.3) is 5.91 Å². The van der Waals surface area contributed by atoms with Gasteiger partial charge in [-0.2, -0.15) is 5.01 Å². The number of imide groups is 1. The lowest BCUT2D eigenvalue weighted by Gasteiger charge is -2.30. The van der Waals surface area contributed by atoms with Gasteiger partial charge in [0.1, 0.15) is 5.54 Å². The highest BCUT2D eigenvalue weighted by Crippen LogP contribution is 2.33. The van der Waals surface area contributed by atoms with Crippen LogP contribution in [-0.4, -0.2) is 44.1 Å². The first-order valence-electron chi connectivity index (χ1n) is 8.71. The molecule has 3 N–H and O–H groups in total. The van der Waals surface area contributed by atoms with Crippen molar-refractivity contribution in [1.82, 2.24) is 25.7 Å². The molecule has 0 atom stereocenters. The molecule has 1 saturated carbocycles. The minimum atomic E-state index is -0.853. The molecule has 142 valence electrons. The number of hydrogen-bond donors (Lipinski definition) is 3. The zero-order chi connectivity index (χ0) is 19.0. The molecule has 2 fully saturated rings. The number of amides is 4. The van der Waals surface area contributed by atoms with Crippen LogP contribution in [0.5, 0.6) is 0 Å². The predicted molar refractivity (Wildman–Crippen MR) is 101 cm³/mol. The number of aromatic amines is 1. The highest BCUT2D eigenvalue weighted by atomic mass is 35.5. The van der Waals surface area contributed by atoms with Gasteiger partial charge in [0.2, 0.25) is 5.91 Å². The summed E-state index contributed by atoms with van der Waals surface area (Å²) in [6, 6.07) is 4.71. The quantitative estimate of drug-likeness (QED) is 0.533. The lowest BCUT2D eigenvalue weighted by Crippen LogP contribution is -2.51. The second kappa shape index (κ2) is 7.05. The van der Waals surface area contributed by atoms with Crippen molar-refractivity contribution in [2.45, 2.75) is 42.8 Å². The first kappa shape index (κ1) is 18.1. The van der Waals surface area contributed by atoms with Crippen molar-refractivity contribution in [3.8, 4) is 0 Å². The second-order valence-electron chi connectivity index (χ2n) is 6.74. The van der Waals surface area contributed by atoms with Crippen LogP contribution in [0, 0.1) is 0 Å². The Labute approximate surface area is 164 Å². The molecule has 1 aliphatic carbocycles. The SMILES string of the molecule is O=C(CSc1nc2ccc(Cl)cc2[nH]1)NN1C(=O)NC2(CCCCC2)C1=O. The number of imidazole rings is 1. The number of nitrogens with one attached hydrogen (secondary N) is 3. The molecule has 2 heterocycles. The van der Waals surface area contributed by atoms with Crippen LogP contribution >= 0.6 is 23.4 Å². The van der Waals surface area contributed by atoms with E-state index in [-0.39, 0.29) is 11.7 Å². The zero-order valence-electron chi connectivity index (χ0n) is 14.4. The third kappa shape index (κ3) is 3.49. The fourth-order valence-corrected chi connectivity index (χ4v) is 4.38. The number of carbonyl (C=O) groups is 3. The van der Waals surface area contributed by atoms with Gasteiger partial charge in [0, 0.05) is 5.02 Å². The molecule has 1 aromatic carbocycles. The summed E-state index contributed by atoms with van der Waals surface area (Å²) in [5, 5.41) is 4.72. The Hall–Kier alpha value is -2.26. The number of fused-ring (bicyclic) bond motifs is 1. The maximum absolute atomic E-state index is 12.6. The van der Waals surface area contributed by atoms with Crippen molar-refractivity contribution < 1.29 is 14.4 Å². The summed E-state index contributed by atoms with van der Waals surface area (Å²) >= 11 is 7.13. The third-order valence-electron chi connectivity index (χ3n) is 4.87. The number of rotatable bonds is 4. The highest BCUT2D eigenvalue weighted by Gasteiger charge is 2.52. The van der Waals surface area contributed by atoms with Gasteiger partial charge in [-0.1, -0.05) is 42.6 Å². The lowest BCUT2D eigenvalue weighted by molar-refractivity contribution is -0.139. The van der Waals surface area contributed by atoms with E-state index in [1.54, 1.807) is 18.2 Å². The van der Waals surface area contributed by atoms with Crippen LogP contribution in [0.25, 0.3) is 11.0 Å². The van der Waals surface area contributed by atoms with Gasteiger partial charge in [-0.05, 0) is 31.0 Å². The number of thioether (sulfide) groups is 1. The highest BCUT2D eigenvalue weighted by molar-refractivity contribution is 7.99. The number of hydrazine groups is 1. The van der Waals surface area contributed by atoms with E-state index in [2.05, 4.69) is 20.7 Å². The summed E-state index contributed by atoms with van der Waals surface area (Å²) < 4.78 is 0. The Morgan fingerprint density at radius 2 is 2.07 bits per heavy atom. The van der Waals surface area contributed by atoms with Crippen LogP contribution in [-0.2, 0) is 9.59 Å². The van der Waals surface area contributed by atoms with E-state index < -0.39 is 17.5 Å². The minimum Gasteiger partial charge on any atom is -0.333 e. The topological polar surface area (TPSA) is 107 Å². The van der Waals surface area contributed by atoms with Gasteiger partial charge in [0.15, 0.2) is 5.16 Å². The molecule has 2 aliphatic rings. The minimum absolute atomic E-state index is 0.0115. The maximum Gasteiger partial charge on any atom is 0.344 e. The smallest absolute Gasteiger partial charge is 0.333 e. The number of H-pyrrole nitrogens is 1.